The average molecular weight is 314 g/mol. The third-order valence-electron chi connectivity index (χ3n) is 4.28. The molecule has 3 rings (SSSR count). The van der Waals surface area contributed by atoms with Crippen molar-refractivity contribution >= 4 is 23.4 Å². The fraction of sp³-hybridized carbons (Fsp3) is 0.353. The van der Waals surface area contributed by atoms with E-state index in [9.17, 15) is 14.4 Å². The van der Waals surface area contributed by atoms with Gasteiger partial charge in [0.2, 0.25) is 17.7 Å². The molecule has 1 N–H and O–H groups in total. The minimum absolute atomic E-state index is 0.250. The molecule has 2 aliphatic rings. The van der Waals surface area contributed by atoms with Crippen LogP contribution in [0.25, 0.3) is 0 Å². The summed E-state index contributed by atoms with van der Waals surface area (Å²) in [5.74, 6) is -1.02. The van der Waals surface area contributed by atoms with Gasteiger partial charge in [-0.15, -0.1) is 0 Å². The molecule has 1 aliphatic carbocycles. The zero-order valence-corrected chi connectivity index (χ0v) is 12.8. The summed E-state index contributed by atoms with van der Waals surface area (Å²) in [6.07, 6.45) is 4.98. The minimum atomic E-state index is -0.414. The number of para-hydroxylation sites is 2. The van der Waals surface area contributed by atoms with Crippen molar-refractivity contribution in [2.45, 2.75) is 12.8 Å². The molecule has 23 heavy (non-hydrogen) atoms. The van der Waals surface area contributed by atoms with Crippen LogP contribution in [0.5, 0.6) is 5.75 Å². The number of nitrogens with one attached hydrogen (secondary N) is 1. The number of nitrogens with zero attached hydrogens (tertiary/aromatic N) is 1. The van der Waals surface area contributed by atoms with Gasteiger partial charge in [0.1, 0.15) is 12.3 Å². The molecule has 6 nitrogen and oxygen atoms in total. The molecule has 2 atom stereocenters. The highest BCUT2D eigenvalue weighted by atomic mass is 16.5. The summed E-state index contributed by atoms with van der Waals surface area (Å²) in [5, 5.41) is 2.69. The van der Waals surface area contributed by atoms with E-state index in [1.807, 2.05) is 12.2 Å². The van der Waals surface area contributed by atoms with Gasteiger partial charge in [-0.25, -0.2) is 0 Å². The number of allylic oxidation sites excluding steroid dienone is 2. The summed E-state index contributed by atoms with van der Waals surface area (Å²) in [6.45, 7) is -0.261. The van der Waals surface area contributed by atoms with Crippen LogP contribution < -0.4 is 10.1 Å². The van der Waals surface area contributed by atoms with Crippen LogP contribution >= 0.6 is 0 Å². The Kier molecular flexibility index (Phi) is 4.14. The Morgan fingerprint density at radius 3 is 2.39 bits per heavy atom. The second-order valence-corrected chi connectivity index (χ2v) is 5.67. The van der Waals surface area contributed by atoms with E-state index in [1.165, 1.54) is 7.11 Å². The monoisotopic (exact) mass is 314 g/mol. The van der Waals surface area contributed by atoms with Gasteiger partial charge in [-0.05, 0) is 25.0 Å². The molecule has 3 amide bonds. The molecule has 0 aromatic heterocycles. The molecule has 1 aliphatic heterocycles. The molecular weight excluding hydrogens is 296 g/mol. The molecule has 1 aromatic carbocycles. The summed E-state index contributed by atoms with van der Waals surface area (Å²) in [6, 6.07) is 6.99. The van der Waals surface area contributed by atoms with Crippen LogP contribution in [0.15, 0.2) is 36.4 Å². The van der Waals surface area contributed by atoms with Gasteiger partial charge >= 0.3 is 0 Å². The molecule has 0 radical (unpaired) electrons. The lowest BCUT2D eigenvalue weighted by molar-refractivity contribution is -0.142. The number of fused-ring (bicyclic) bond motifs is 1. The topological polar surface area (TPSA) is 75.7 Å². The van der Waals surface area contributed by atoms with Gasteiger partial charge in [0.15, 0.2) is 0 Å². The first-order valence-electron chi connectivity index (χ1n) is 7.55. The van der Waals surface area contributed by atoms with Gasteiger partial charge in [-0.2, -0.15) is 0 Å². The number of benzene rings is 1. The second-order valence-electron chi connectivity index (χ2n) is 5.67. The van der Waals surface area contributed by atoms with Crippen LogP contribution in [-0.4, -0.2) is 36.3 Å². The minimum Gasteiger partial charge on any atom is -0.495 e. The van der Waals surface area contributed by atoms with Crippen molar-refractivity contribution in [1.82, 2.24) is 4.90 Å². The Morgan fingerprint density at radius 1 is 1.17 bits per heavy atom. The van der Waals surface area contributed by atoms with E-state index in [-0.39, 0.29) is 30.2 Å². The van der Waals surface area contributed by atoms with E-state index in [4.69, 9.17) is 4.74 Å². The Bertz CT molecular complexity index is 657. The van der Waals surface area contributed by atoms with Crippen LogP contribution in [0, 0.1) is 11.8 Å². The molecule has 1 fully saturated rings. The van der Waals surface area contributed by atoms with E-state index in [1.54, 1.807) is 24.3 Å². The molecule has 0 spiro atoms. The first-order chi connectivity index (χ1) is 11.1. The molecule has 120 valence electrons. The van der Waals surface area contributed by atoms with Gasteiger partial charge in [0, 0.05) is 0 Å². The first kappa shape index (κ1) is 15.3. The van der Waals surface area contributed by atoms with E-state index in [0.29, 0.717) is 24.3 Å². The van der Waals surface area contributed by atoms with Crippen molar-refractivity contribution in [2.75, 3.05) is 19.0 Å². The highest BCUT2D eigenvalue weighted by Crippen LogP contribution is 2.35. The van der Waals surface area contributed by atoms with Crippen LogP contribution in [0.2, 0.25) is 0 Å². The predicted octanol–water partition coefficient (Wildman–Crippen LogP) is 1.58. The molecule has 1 heterocycles. The van der Waals surface area contributed by atoms with Crippen molar-refractivity contribution < 1.29 is 19.1 Å². The van der Waals surface area contributed by atoms with Crippen LogP contribution in [0.1, 0.15) is 12.8 Å². The van der Waals surface area contributed by atoms with E-state index < -0.39 is 5.91 Å². The maximum atomic E-state index is 12.3. The van der Waals surface area contributed by atoms with Crippen molar-refractivity contribution in [1.29, 1.82) is 0 Å². The van der Waals surface area contributed by atoms with Crippen molar-refractivity contribution in [3.63, 3.8) is 0 Å². The summed E-state index contributed by atoms with van der Waals surface area (Å²) in [5.41, 5.74) is 0.512. The standard InChI is InChI=1S/C17H18N2O4/c1-23-14-9-5-4-8-13(14)18-15(20)10-19-16(21)11-6-2-3-7-12(11)17(19)22/h2-5,8-9,11-12H,6-7,10H2,1H3,(H,18,20)/t11-,12-/m1/s1. The highest BCUT2D eigenvalue weighted by Gasteiger charge is 2.47. The molecule has 0 bridgehead atoms. The molecule has 6 heteroatoms. The smallest absolute Gasteiger partial charge is 0.244 e. The summed E-state index contributed by atoms with van der Waals surface area (Å²) < 4.78 is 5.17. The van der Waals surface area contributed by atoms with Crippen LogP contribution in [0.4, 0.5) is 5.69 Å². The van der Waals surface area contributed by atoms with E-state index in [0.717, 1.165) is 4.90 Å². The number of imide groups is 1. The van der Waals surface area contributed by atoms with Gasteiger partial charge < -0.3 is 10.1 Å². The SMILES string of the molecule is COc1ccccc1NC(=O)CN1C(=O)[C@@H]2CC=CC[C@H]2C1=O. The Hall–Kier alpha value is -2.63. The van der Waals surface area contributed by atoms with Gasteiger partial charge in [0.05, 0.1) is 24.6 Å². The third kappa shape index (κ3) is 2.84. The number of likely N-dealkylation sites (tertiary alicyclic amines) is 1. The first-order valence-corrected chi connectivity index (χ1v) is 7.55. The number of carbonyl (C=O) groups excluding carboxylic acids is 3. The fourth-order valence-electron chi connectivity index (χ4n) is 3.11. The number of hydrogen-bond acceptors (Lipinski definition) is 4. The normalized spacial score (nSPS) is 22.9. The van der Waals surface area contributed by atoms with Crippen LogP contribution in [0.3, 0.4) is 0 Å². The maximum absolute atomic E-state index is 12.3. The number of carbonyl (C=O) groups is 3. The number of ether oxygens (including phenoxy) is 1. The van der Waals surface area contributed by atoms with Crippen molar-refractivity contribution in [3.8, 4) is 5.75 Å². The number of methoxy groups -OCH3 is 1. The lowest BCUT2D eigenvalue weighted by atomic mass is 9.85. The quantitative estimate of drug-likeness (QED) is 0.676. The summed E-state index contributed by atoms with van der Waals surface area (Å²) >= 11 is 0. The maximum Gasteiger partial charge on any atom is 0.244 e. The number of anilines is 1. The summed E-state index contributed by atoms with van der Waals surface area (Å²) in [7, 11) is 1.51. The lowest BCUT2D eigenvalue weighted by Crippen LogP contribution is -2.38. The van der Waals surface area contributed by atoms with Crippen molar-refractivity contribution in [3.05, 3.63) is 36.4 Å². The molecule has 0 unspecified atom stereocenters. The largest absolute Gasteiger partial charge is 0.495 e. The van der Waals surface area contributed by atoms with Gasteiger partial charge in [0.25, 0.3) is 0 Å². The van der Waals surface area contributed by atoms with Gasteiger partial charge in [-0.1, -0.05) is 24.3 Å². The molecule has 1 saturated heterocycles. The molecule has 1 aromatic rings. The van der Waals surface area contributed by atoms with E-state index in [2.05, 4.69) is 5.32 Å². The Balaban J connectivity index is 1.68. The summed E-state index contributed by atoms with van der Waals surface area (Å²) in [4.78, 5) is 37.9. The lowest BCUT2D eigenvalue weighted by Gasteiger charge is -2.15. The number of rotatable bonds is 4. The van der Waals surface area contributed by atoms with E-state index >= 15 is 0 Å². The third-order valence-corrected chi connectivity index (χ3v) is 4.28. The highest BCUT2D eigenvalue weighted by molar-refractivity contribution is 6.09. The number of hydrogen-bond donors (Lipinski definition) is 1. The second kappa shape index (κ2) is 6.24. The molecule has 0 saturated carbocycles. The van der Waals surface area contributed by atoms with Gasteiger partial charge in [-0.3, -0.25) is 19.3 Å². The molecular formula is C17H18N2O4. The average Bonchev–Trinajstić information content (AvgIpc) is 2.81. The number of amides is 3. The Labute approximate surface area is 134 Å². The van der Waals surface area contributed by atoms with Crippen LogP contribution in [-0.2, 0) is 14.4 Å². The zero-order chi connectivity index (χ0) is 16.4. The fourth-order valence-corrected chi connectivity index (χ4v) is 3.11. The van der Waals surface area contributed by atoms with Crippen molar-refractivity contribution in [2.24, 2.45) is 11.8 Å². The zero-order valence-electron chi connectivity index (χ0n) is 12.8. The Morgan fingerprint density at radius 2 is 1.78 bits per heavy atom. The predicted molar refractivity (Wildman–Crippen MR) is 83.7 cm³/mol.